The summed E-state index contributed by atoms with van der Waals surface area (Å²) in [5.41, 5.74) is 1.52. The molecule has 0 spiro atoms. The number of rotatable bonds is 8. The highest BCUT2D eigenvalue weighted by atomic mass is 31.3. The number of anilines is 1. The Morgan fingerprint density at radius 1 is 1.26 bits per heavy atom. The van der Waals surface area contributed by atoms with E-state index in [0.29, 0.717) is 4.57 Å². The number of phosphoric ester groups is 1. The highest BCUT2D eigenvalue weighted by molar-refractivity contribution is 7.66. The number of nitrogens with zero attached hydrogens (tertiary/aromatic N) is 2. The second kappa shape index (κ2) is 9.87. The summed E-state index contributed by atoms with van der Waals surface area (Å²) in [6.07, 6.45) is -7.77. The van der Waals surface area contributed by atoms with Crippen molar-refractivity contribution in [3.63, 3.8) is 0 Å². The topological polar surface area (TPSA) is 250 Å². The molecule has 7 N–H and O–H groups in total. The van der Waals surface area contributed by atoms with E-state index in [1.54, 1.807) is 0 Å². The second-order valence-electron chi connectivity index (χ2n) is 6.92. The molecule has 0 saturated carbocycles. The van der Waals surface area contributed by atoms with Crippen molar-refractivity contribution in [3.8, 4) is 11.8 Å². The van der Waals surface area contributed by atoms with Crippen molar-refractivity contribution in [2.24, 2.45) is 0 Å². The first-order valence-electron chi connectivity index (χ1n) is 8.96. The van der Waals surface area contributed by atoms with Crippen molar-refractivity contribution < 1.29 is 60.6 Å². The minimum Gasteiger partial charge on any atom is -0.386 e. The molecule has 1 aromatic rings. The van der Waals surface area contributed by atoms with Gasteiger partial charge in [-0.1, -0.05) is 5.92 Å². The van der Waals surface area contributed by atoms with E-state index < -0.39 is 59.4 Å². The van der Waals surface area contributed by atoms with Crippen molar-refractivity contribution in [2.45, 2.75) is 51.0 Å². The zero-order chi connectivity index (χ0) is 26.3. The molecule has 192 valence electrons. The highest BCUT2D eigenvalue weighted by Crippen LogP contribution is 2.66. The molecule has 0 aliphatic carbocycles. The molecule has 0 radical (unpaired) electrons. The number of hydrogen-bond donors (Lipinski definition) is 6. The molecule has 20 heteroatoms. The van der Waals surface area contributed by atoms with Crippen LogP contribution in [0.15, 0.2) is 10.9 Å². The Kier molecular flexibility index (Phi) is 8.34. The molecule has 34 heavy (non-hydrogen) atoms. The molecule has 1 fully saturated rings. The van der Waals surface area contributed by atoms with Crippen LogP contribution in [0, 0.1) is 18.8 Å². The van der Waals surface area contributed by atoms with E-state index in [-0.39, 0.29) is 11.5 Å². The van der Waals surface area contributed by atoms with Crippen LogP contribution in [-0.4, -0.2) is 58.2 Å². The Hall–Kier alpha value is -1.50. The van der Waals surface area contributed by atoms with Gasteiger partial charge in [-0.15, -0.1) is 5.92 Å². The Morgan fingerprint density at radius 3 is 2.35 bits per heavy atom. The van der Waals surface area contributed by atoms with Crippen LogP contribution in [0.5, 0.6) is 0 Å². The van der Waals surface area contributed by atoms with Gasteiger partial charge in [0.15, 0.2) is 6.23 Å². The summed E-state index contributed by atoms with van der Waals surface area (Å²) in [6, 6.07) is 1.21. The zero-order valence-corrected chi connectivity index (χ0v) is 20.3. The van der Waals surface area contributed by atoms with E-state index >= 15 is 4.39 Å². The van der Waals surface area contributed by atoms with Crippen molar-refractivity contribution in [1.82, 2.24) is 9.55 Å². The average molecular weight is 551 g/mol. The van der Waals surface area contributed by atoms with Crippen LogP contribution >= 0.6 is 23.5 Å². The maximum atomic E-state index is 15.8. The summed E-state index contributed by atoms with van der Waals surface area (Å²) in [6.45, 7) is 3.55. The minimum atomic E-state index is -5.82. The van der Waals surface area contributed by atoms with Gasteiger partial charge in [-0.2, -0.15) is 13.6 Å². The van der Waals surface area contributed by atoms with E-state index in [1.807, 2.05) is 0 Å². The number of hydrogen-bond acceptors (Lipinski definition) is 11. The number of aromatic nitrogens is 2. The normalized spacial score (nSPS) is 29.5. The van der Waals surface area contributed by atoms with Crippen molar-refractivity contribution in [3.05, 3.63) is 22.2 Å². The van der Waals surface area contributed by atoms with E-state index in [0.717, 1.165) is 6.92 Å². The number of aryl methyl sites for hydroxylation is 1. The Morgan fingerprint density at radius 2 is 1.85 bits per heavy atom. The lowest BCUT2D eigenvalue weighted by Gasteiger charge is -2.26. The first-order valence-corrected chi connectivity index (χ1v) is 13.5. The quantitative estimate of drug-likeness (QED) is 0.182. The van der Waals surface area contributed by atoms with Crippen molar-refractivity contribution in [1.29, 1.82) is 0 Å². The third-order valence-electron chi connectivity index (χ3n) is 4.28. The molecule has 16 nitrogen and oxygen atoms in total. The minimum absolute atomic E-state index is 0.0656. The molecule has 2 rings (SSSR count). The van der Waals surface area contributed by atoms with Gasteiger partial charge >= 0.3 is 29.2 Å². The molecule has 1 aliphatic heterocycles. The lowest BCUT2D eigenvalue weighted by Crippen LogP contribution is -2.46. The highest BCUT2D eigenvalue weighted by Gasteiger charge is 2.60. The first-order chi connectivity index (χ1) is 15.3. The van der Waals surface area contributed by atoms with Gasteiger partial charge in [0.25, 0.3) is 0 Å². The number of halogens is 1. The van der Waals surface area contributed by atoms with Gasteiger partial charge in [-0.25, -0.2) is 22.9 Å². The predicted octanol–water partition coefficient (Wildman–Crippen LogP) is -0.144. The lowest BCUT2D eigenvalue weighted by atomic mass is 9.94. The molecule has 0 aromatic carbocycles. The molecular formula is C14H21FN3O13P3. The first kappa shape index (κ1) is 28.7. The Bertz CT molecular complexity index is 1210. The molecule has 3 unspecified atom stereocenters. The van der Waals surface area contributed by atoms with Crippen molar-refractivity contribution in [2.75, 3.05) is 5.73 Å². The van der Waals surface area contributed by atoms with Crippen LogP contribution in [0.1, 0.15) is 25.8 Å². The number of aliphatic hydroxyl groups excluding tert-OH is 1. The smallest absolute Gasteiger partial charge is 0.386 e. The molecule has 1 saturated heterocycles. The average Bonchev–Trinajstić information content (AvgIpc) is 2.83. The third-order valence-corrected chi connectivity index (χ3v) is 8.21. The summed E-state index contributed by atoms with van der Waals surface area (Å²) in [4.78, 5) is 51.9. The largest absolute Gasteiger partial charge is 0.490 e. The summed E-state index contributed by atoms with van der Waals surface area (Å²) in [5.74, 6) is 4.14. The summed E-state index contributed by atoms with van der Waals surface area (Å²) in [7, 11) is -17.1. The van der Waals surface area contributed by atoms with Crippen LogP contribution in [0.4, 0.5) is 10.2 Å². The second-order valence-corrected chi connectivity index (χ2v) is 11.3. The lowest BCUT2D eigenvalue weighted by molar-refractivity contribution is -0.0786. The van der Waals surface area contributed by atoms with Gasteiger partial charge in [-0.3, -0.25) is 9.09 Å². The maximum Gasteiger partial charge on any atom is 0.490 e. The predicted molar refractivity (Wildman–Crippen MR) is 109 cm³/mol. The van der Waals surface area contributed by atoms with Gasteiger partial charge in [0.1, 0.15) is 18.0 Å². The Balaban J connectivity index is 2.37. The Labute approximate surface area is 190 Å². The van der Waals surface area contributed by atoms with Gasteiger partial charge in [0.2, 0.25) is 5.67 Å². The summed E-state index contributed by atoms with van der Waals surface area (Å²) >= 11 is 0. The van der Waals surface area contributed by atoms with Crippen LogP contribution in [0.3, 0.4) is 0 Å². The summed E-state index contributed by atoms with van der Waals surface area (Å²) in [5, 5.41) is 10.6. The van der Waals surface area contributed by atoms with Gasteiger partial charge in [0, 0.05) is 5.69 Å². The van der Waals surface area contributed by atoms with Crippen LogP contribution in [-0.2, 0) is 31.6 Å². The van der Waals surface area contributed by atoms with E-state index in [9.17, 15) is 33.4 Å². The number of aliphatic hydroxyl groups is 1. The number of nitrogen functional groups attached to an aromatic ring is 1. The molecule has 0 amide bonds. The standard InChI is InChI=1S/C14H21FN3O13P3/c1-4-5-14(15)11(19)10(28-12(14)18-7(2)6-9(16)17-13(18)20)8(3)29-33(24,25)31-34(26,27)30-32(21,22)23/h6,8,10-12,19H,1-3H3,(H,24,25)(H,26,27)(H2,16,17,20)(H2,21,22,23)/t8-,10+,11?,12+,14+/m0/s1. The van der Waals surface area contributed by atoms with Crippen LogP contribution in [0.2, 0.25) is 0 Å². The number of ether oxygens (including phenoxy) is 1. The molecule has 1 aliphatic rings. The fourth-order valence-corrected chi connectivity index (χ4v) is 6.34. The monoisotopic (exact) mass is 551 g/mol. The fourth-order valence-electron chi connectivity index (χ4n) is 3.14. The van der Waals surface area contributed by atoms with E-state index in [2.05, 4.69) is 30.0 Å². The zero-order valence-electron chi connectivity index (χ0n) is 17.6. The third kappa shape index (κ3) is 6.58. The molecule has 1 aromatic heterocycles. The molecule has 0 bridgehead atoms. The van der Waals surface area contributed by atoms with Crippen LogP contribution in [0.25, 0.3) is 0 Å². The van der Waals surface area contributed by atoms with Gasteiger partial charge in [0.05, 0.1) is 6.10 Å². The number of nitrogens with two attached hydrogens (primary N) is 1. The molecule has 7 atom stereocenters. The van der Waals surface area contributed by atoms with Crippen molar-refractivity contribution >= 4 is 29.3 Å². The number of alkyl halides is 1. The molecule has 2 heterocycles. The van der Waals surface area contributed by atoms with Gasteiger partial charge < -0.3 is 35.2 Å². The maximum absolute atomic E-state index is 15.8. The van der Waals surface area contributed by atoms with Crippen LogP contribution < -0.4 is 11.4 Å². The molecular weight excluding hydrogens is 530 g/mol. The van der Waals surface area contributed by atoms with E-state index in [4.69, 9.17) is 20.3 Å². The van der Waals surface area contributed by atoms with E-state index in [1.165, 1.54) is 19.9 Å². The number of phosphoric acid groups is 3. The fraction of sp³-hybridized carbons (Fsp3) is 0.571. The summed E-state index contributed by atoms with van der Waals surface area (Å²) < 4.78 is 68.0. The van der Waals surface area contributed by atoms with Gasteiger partial charge in [-0.05, 0) is 26.8 Å². The SMILES string of the molecule is CC#C[C@@]1(F)C(O)[C@@H]([C@H](C)OP(=O)(O)OP(=O)(O)OP(=O)(O)O)O[C@H]1n1c(C)cc(N)nc1=O.